The highest BCUT2D eigenvalue weighted by molar-refractivity contribution is 5.80. The molecular weight excluding hydrogens is 390 g/mol. The van der Waals surface area contributed by atoms with Crippen molar-refractivity contribution in [3.63, 3.8) is 0 Å². The van der Waals surface area contributed by atoms with E-state index in [1.165, 1.54) is 0 Å². The monoisotopic (exact) mass is 423 g/mol. The lowest BCUT2D eigenvalue weighted by molar-refractivity contribution is -0.143. The molecule has 1 aromatic carbocycles. The first-order chi connectivity index (χ1) is 14.1. The van der Waals surface area contributed by atoms with Crippen LogP contribution in [0.2, 0.25) is 0 Å². The van der Waals surface area contributed by atoms with Crippen LogP contribution in [0.4, 0.5) is 9.59 Å². The van der Waals surface area contributed by atoms with Crippen molar-refractivity contribution in [1.29, 1.82) is 0 Å². The van der Waals surface area contributed by atoms with Crippen LogP contribution in [0.25, 0.3) is 0 Å². The molecule has 0 radical (unpaired) electrons. The normalized spacial score (nSPS) is 12.0. The summed E-state index contributed by atoms with van der Waals surface area (Å²) in [7, 11) is 0. The number of ether oxygens (including phenoxy) is 2. The lowest BCUT2D eigenvalue weighted by atomic mass is 10.1. The maximum atomic E-state index is 12.7. The van der Waals surface area contributed by atoms with Crippen LogP contribution < -0.4 is 11.1 Å². The molecule has 30 heavy (non-hydrogen) atoms. The highest BCUT2D eigenvalue weighted by Crippen LogP contribution is 2.13. The fourth-order valence-electron chi connectivity index (χ4n) is 2.66. The standard InChI is InChI=1S/C21H33N3O6/c1-21(2,3)30-19(27)23-13-14-24(17(18(25)26)11-7-8-12-22)20(28)29-15-16-9-5-4-6-10-16/h4-6,9-10,17H,7-8,11-15,22H2,1-3H3,(H,23,27)(H,25,26)/t17-/m1/s1. The smallest absolute Gasteiger partial charge is 0.410 e. The molecule has 0 saturated carbocycles. The zero-order valence-corrected chi connectivity index (χ0v) is 17.9. The summed E-state index contributed by atoms with van der Waals surface area (Å²) in [6, 6.07) is 8.00. The number of carboxylic acids is 1. The quantitative estimate of drug-likeness (QED) is 0.466. The van der Waals surface area contributed by atoms with Crippen LogP contribution >= 0.6 is 0 Å². The van der Waals surface area contributed by atoms with Crippen LogP contribution in [0.5, 0.6) is 0 Å². The molecule has 2 amide bonds. The molecule has 0 aliphatic rings. The first-order valence-corrected chi connectivity index (χ1v) is 10.0. The van der Waals surface area contributed by atoms with Crippen molar-refractivity contribution >= 4 is 18.2 Å². The fourth-order valence-corrected chi connectivity index (χ4v) is 2.66. The van der Waals surface area contributed by atoms with Gasteiger partial charge in [0.05, 0.1) is 0 Å². The number of nitrogens with two attached hydrogens (primary N) is 1. The molecule has 1 rings (SSSR count). The largest absolute Gasteiger partial charge is 0.480 e. The molecule has 0 heterocycles. The minimum atomic E-state index is -1.14. The third-order valence-corrected chi connectivity index (χ3v) is 4.05. The van der Waals surface area contributed by atoms with E-state index in [1.807, 2.05) is 18.2 Å². The van der Waals surface area contributed by atoms with E-state index in [-0.39, 0.29) is 26.1 Å². The van der Waals surface area contributed by atoms with Gasteiger partial charge in [-0.25, -0.2) is 14.4 Å². The van der Waals surface area contributed by atoms with Crippen LogP contribution in [0.15, 0.2) is 30.3 Å². The number of aliphatic carboxylic acids is 1. The molecule has 9 heteroatoms. The number of nitrogens with zero attached hydrogens (tertiary/aromatic N) is 1. The number of carbonyl (C=O) groups is 3. The Balaban J connectivity index is 2.78. The van der Waals surface area contributed by atoms with Gasteiger partial charge in [-0.1, -0.05) is 30.3 Å². The number of rotatable bonds is 11. The van der Waals surface area contributed by atoms with Gasteiger partial charge in [0.15, 0.2) is 0 Å². The number of hydrogen-bond donors (Lipinski definition) is 3. The highest BCUT2D eigenvalue weighted by atomic mass is 16.6. The van der Waals surface area contributed by atoms with Gasteiger partial charge in [0.1, 0.15) is 18.2 Å². The second-order valence-electron chi connectivity index (χ2n) is 7.80. The van der Waals surface area contributed by atoms with Crippen LogP contribution in [-0.2, 0) is 20.9 Å². The van der Waals surface area contributed by atoms with Gasteiger partial charge in [0, 0.05) is 13.1 Å². The number of unbranched alkanes of at least 4 members (excludes halogenated alkanes) is 1. The number of amides is 2. The summed E-state index contributed by atoms with van der Waals surface area (Å²) in [5.74, 6) is -1.14. The predicted octanol–water partition coefficient (Wildman–Crippen LogP) is 2.73. The van der Waals surface area contributed by atoms with Gasteiger partial charge in [-0.15, -0.1) is 0 Å². The Hall–Kier alpha value is -2.81. The Labute approximate surface area is 177 Å². The lowest BCUT2D eigenvalue weighted by Gasteiger charge is -2.28. The van der Waals surface area contributed by atoms with E-state index in [1.54, 1.807) is 32.9 Å². The summed E-state index contributed by atoms with van der Waals surface area (Å²) in [6.07, 6.45) is 0.0295. The third kappa shape index (κ3) is 10.1. The number of benzene rings is 1. The molecular formula is C21H33N3O6. The Morgan fingerprint density at radius 3 is 2.40 bits per heavy atom. The van der Waals surface area contributed by atoms with E-state index in [0.29, 0.717) is 19.4 Å². The van der Waals surface area contributed by atoms with Gasteiger partial charge in [0.2, 0.25) is 0 Å². The van der Waals surface area contributed by atoms with E-state index in [2.05, 4.69) is 5.32 Å². The van der Waals surface area contributed by atoms with Gasteiger partial charge in [0.25, 0.3) is 0 Å². The Kier molecular flexibility index (Phi) is 10.7. The summed E-state index contributed by atoms with van der Waals surface area (Å²) in [4.78, 5) is 37.4. The Morgan fingerprint density at radius 2 is 1.83 bits per heavy atom. The van der Waals surface area contributed by atoms with Crippen LogP contribution in [0, 0.1) is 0 Å². The fraction of sp³-hybridized carbons (Fsp3) is 0.571. The third-order valence-electron chi connectivity index (χ3n) is 4.05. The molecule has 1 atom stereocenters. The predicted molar refractivity (Wildman–Crippen MR) is 112 cm³/mol. The number of nitrogens with one attached hydrogen (secondary N) is 1. The second kappa shape index (κ2) is 12.7. The maximum absolute atomic E-state index is 12.7. The summed E-state index contributed by atoms with van der Waals surface area (Å²) < 4.78 is 10.5. The maximum Gasteiger partial charge on any atom is 0.410 e. The molecule has 0 aliphatic carbocycles. The first kappa shape index (κ1) is 25.2. The zero-order valence-electron chi connectivity index (χ0n) is 17.9. The molecule has 4 N–H and O–H groups in total. The van der Waals surface area contributed by atoms with Crippen molar-refractivity contribution in [1.82, 2.24) is 10.2 Å². The summed E-state index contributed by atoms with van der Waals surface area (Å²) >= 11 is 0. The molecule has 1 aromatic rings. The average Bonchev–Trinajstić information content (AvgIpc) is 2.66. The van der Waals surface area contributed by atoms with Crippen molar-refractivity contribution < 1.29 is 29.0 Å². The topological polar surface area (TPSA) is 131 Å². The van der Waals surface area contributed by atoms with Gasteiger partial charge < -0.3 is 25.6 Å². The van der Waals surface area contributed by atoms with E-state index in [4.69, 9.17) is 15.2 Å². The van der Waals surface area contributed by atoms with Gasteiger partial charge >= 0.3 is 18.2 Å². The van der Waals surface area contributed by atoms with E-state index >= 15 is 0 Å². The minimum absolute atomic E-state index is 0.0187. The highest BCUT2D eigenvalue weighted by Gasteiger charge is 2.30. The van der Waals surface area contributed by atoms with Gasteiger partial charge in [-0.3, -0.25) is 4.90 Å². The van der Waals surface area contributed by atoms with Crippen molar-refractivity contribution in [3.8, 4) is 0 Å². The number of alkyl carbamates (subject to hydrolysis) is 1. The Morgan fingerprint density at radius 1 is 1.17 bits per heavy atom. The molecule has 0 aromatic heterocycles. The van der Waals surface area contributed by atoms with Crippen LogP contribution in [0.3, 0.4) is 0 Å². The average molecular weight is 424 g/mol. The molecule has 168 valence electrons. The molecule has 0 aliphatic heterocycles. The van der Waals surface area contributed by atoms with Crippen molar-refractivity contribution in [2.75, 3.05) is 19.6 Å². The number of carbonyl (C=O) groups excluding carboxylic acids is 2. The molecule has 0 spiro atoms. The van der Waals surface area contributed by atoms with Gasteiger partial charge in [-0.05, 0) is 52.1 Å². The summed E-state index contributed by atoms with van der Waals surface area (Å²) in [6.45, 7) is 5.64. The Bertz CT molecular complexity index is 675. The van der Waals surface area contributed by atoms with E-state index in [9.17, 15) is 19.5 Å². The minimum Gasteiger partial charge on any atom is -0.480 e. The number of carboxylic acid groups (broad SMARTS) is 1. The molecule has 9 nitrogen and oxygen atoms in total. The van der Waals surface area contributed by atoms with Crippen molar-refractivity contribution in [3.05, 3.63) is 35.9 Å². The van der Waals surface area contributed by atoms with Crippen molar-refractivity contribution in [2.45, 2.75) is 58.3 Å². The molecule has 0 bridgehead atoms. The first-order valence-electron chi connectivity index (χ1n) is 10.0. The number of hydrogen-bond acceptors (Lipinski definition) is 6. The molecule has 0 unspecified atom stereocenters. The van der Waals surface area contributed by atoms with E-state index in [0.717, 1.165) is 10.5 Å². The summed E-state index contributed by atoms with van der Waals surface area (Å²) in [5, 5.41) is 12.2. The molecule has 0 fully saturated rings. The van der Waals surface area contributed by atoms with Crippen LogP contribution in [-0.4, -0.2) is 59.4 Å². The summed E-state index contributed by atoms with van der Waals surface area (Å²) in [5.41, 5.74) is 5.61. The van der Waals surface area contributed by atoms with Crippen LogP contribution in [0.1, 0.15) is 45.6 Å². The lowest BCUT2D eigenvalue weighted by Crippen LogP contribution is -2.48. The van der Waals surface area contributed by atoms with Gasteiger partial charge in [-0.2, -0.15) is 0 Å². The zero-order chi connectivity index (χ0) is 22.6. The van der Waals surface area contributed by atoms with Crippen molar-refractivity contribution in [2.24, 2.45) is 5.73 Å². The second-order valence-corrected chi connectivity index (χ2v) is 7.80. The molecule has 0 saturated heterocycles. The van der Waals surface area contributed by atoms with E-state index < -0.39 is 29.8 Å². The SMILES string of the molecule is CC(C)(C)OC(=O)NCCN(C(=O)OCc1ccccc1)[C@H](CCCCN)C(=O)O.